The van der Waals surface area contributed by atoms with Crippen LogP contribution in [0.1, 0.15) is 33.7 Å². The van der Waals surface area contributed by atoms with Gasteiger partial charge in [-0.25, -0.2) is 24.1 Å². The van der Waals surface area contributed by atoms with Crippen molar-refractivity contribution in [2.24, 2.45) is 0 Å². The first-order chi connectivity index (χ1) is 14.6. The second-order valence-corrected chi connectivity index (χ2v) is 6.54. The second kappa shape index (κ2) is 8.49. The number of carbonyl (C=O) groups excluding carboxylic acids is 2. The molecule has 2 amide bonds. The fourth-order valence-electron chi connectivity index (χ4n) is 3.05. The normalized spacial score (nSPS) is 12.4. The van der Waals surface area contributed by atoms with Gasteiger partial charge in [0.1, 0.15) is 28.8 Å². The Morgan fingerprint density at radius 1 is 1.20 bits per heavy atom. The maximum Gasteiger partial charge on any atom is 0.328 e. The molecule has 1 aliphatic rings. The number of aryl methyl sites for hydroxylation is 1. The third-order valence-corrected chi connectivity index (χ3v) is 4.51. The van der Waals surface area contributed by atoms with Gasteiger partial charge in [-0.05, 0) is 42.5 Å². The minimum atomic E-state index is -0.607. The first kappa shape index (κ1) is 19.2. The summed E-state index contributed by atoms with van der Waals surface area (Å²) in [7, 11) is 0. The number of hydrogen-bond donors (Lipinski definition) is 1. The van der Waals surface area contributed by atoms with Crippen LogP contribution in [0.15, 0.2) is 48.8 Å². The third kappa shape index (κ3) is 4.15. The van der Waals surface area contributed by atoms with Gasteiger partial charge in [-0.15, -0.1) is 0 Å². The summed E-state index contributed by atoms with van der Waals surface area (Å²) < 4.78 is 14.4. The fourth-order valence-corrected chi connectivity index (χ4v) is 3.05. The molecule has 1 aliphatic heterocycles. The quantitative estimate of drug-likeness (QED) is 0.526. The van der Waals surface area contributed by atoms with Gasteiger partial charge in [0, 0.05) is 25.0 Å². The zero-order chi connectivity index (χ0) is 20.9. The van der Waals surface area contributed by atoms with Gasteiger partial charge >= 0.3 is 6.03 Å². The molecule has 0 saturated heterocycles. The number of aldehydes is 1. The SMILES string of the molecule is O=Cc1ccc2c(n1)N(C(=O)Nc1cc(F)c(C#Cc3ccccn3)cn1)CCC2. The Kier molecular flexibility index (Phi) is 5.44. The maximum atomic E-state index is 14.4. The highest BCUT2D eigenvalue weighted by atomic mass is 19.1. The van der Waals surface area contributed by atoms with Crippen LogP contribution in [0.3, 0.4) is 0 Å². The van der Waals surface area contributed by atoms with E-state index in [0.717, 1.165) is 24.5 Å². The standard InChI is InChI=1S/C22H16FN5O2/c23-19-12-20(25-13-16(19)7-8-17-5-1-2-10-24-17)27-22(30)28-11-3-4-15-6-9-18(14-29)26-21(15)28/h1-2,5-6,9-10,12-14H,3-4,11H2,(H,25,27,30). The molecule has 3 aromatic heterocycles. The highest BCUT2D eigenvalue weighted by Crippen LogP contribution is 2.25. The molecule has 8 heteroatoms. The van der Waals surface area contributed by atoms with Crippen molar-refractivity contribution in [3.05, 3.63) is 77.1 Å². The molecule has 0 atom stereocenters. The zero-order valence-corrected chi connectivity index (χ0v) is 15.8. The summed E-state index contributed by atoms with van der Waals surface area (Å²) in [6.07, 6.45) is 5.01. The Bertz CT molecular complexity index is 1170. The lowest BCUT2D eigenvalue weighted by Crippen LogP contribution is -2.39. The molecule has 0 bridgehead atoms. The molecule has 4 heterocycles. The Hall–Kier alpha value is -4.12. The van der Waals surface area contributed by atoms with E-state index in [-0.39, 0.29) is 17.1 Å². The molecule has 0 fully saturated rings. The number of aromatic nitrogens is 3. The number of nitrogens with one attached hydrogen (secondary N) is 1. The Balaban J connectivity index is 1.52. The van der Waals surface area contributed by atoms with Crippen LogP contribution >= 0.6 is 0 Å². The zero-order valence-electron chi connectivity index (χ0n) is 15.8. The molecule has 148 valence electrons. The van der Waals surface area contributed by atoms with Crippen molar-refractivity contribution in [2.75, 3.05) is 16.8 Å². The van der Waals surface area contributed by atoms with Gasteiger partial charge < -0.3 is 0 Å². The molecule has 0 saturated carbocycles. The molecule has 0 aliphatic carbocycles. The largest absolute Gasteiger partial charge is 0.328 e. The van der Waals surface area contributed by atoms with Crippen molar-refractivity contribution in [1.82, 2.24) is 15.0 Å². The molecule has 30 heavy (non-hydrogen) atoms. The number of anilines is 2. The summed E-state index contributed by atoms with van der Waals surface area (Å²) in [6.45, 7) is 0.435. The van der Waals surface area contributed by atoms with E-state index in [0.29, 0.717) is 24.3 Å². The van der Waals surface area contributed by atoms with Crippen LogP contribution in [0.2, 0.25) is 0 Å². The van der Waals surface area contributed by atoms with Gasteiger partial charge in [0.25, 0.3) is 0 Å². The van der Waals surface area contributed by atoms with Gasteiger partial charge in [0.05, 0.1) is 5.56 Å². The molecular formula is C22H16FN5O2. The van der Waals surface area contributed by atoms with Crippen LogP contribution in [-0.4, -0.2) is 33.8 Å². The van der Waals surface area contributed by atoms with Crippen molar-refractivity contribution in [3.63, 3.8) is 0 Å². The lowest BCUT2D eigenvalue weighted by molar-refractivity contribution is 0.111. The molecule has 3 aromatic rings. The van der Waals surface area contributed by atoms with E-state index in [2.05, 4.69) is 32.1 Å². The topological polar surface area (TPSA) is 88.1 Å². The molecular weight excluding hydrogens is 385 g/mol. The number of halogens is 1. The number of urea groups is 1. The molecule has 4 rings (SSSR count). The summed E-state index contributed by atoms with van der Waals surface area (Å²) >= 11 is 0. The van der Waals surface area contributed by atoms with Crippen LogP contribution < -0.4 is 10.2 Å². The number of rotatable bonds is 2. The van der Waals surface area contributed by atoms with E-state index >= 15 is 0 Å². The van der Waals surface area contributed by atoms with E-state index in [1.807, 2.05) is 0 Å². The van der Waals surface area contributed by atoms with Crippen LogP contribution in [0.4, 0.5) is 20.8 Å². The highest BCUT2D eigenvalue weighted by molar-refractivity contribution is 6.01. The minimum absolute atomic E-state index is 0.0551. The van der Waals surface area contributed by atoms with Gasteiger partial charge in [-0.3, -0.25) is 15.0 Å². The second-order valence-electron chi connectivity index (χ2n) is 6.54. The Labute approximate surface area is 172 Å². The van der Waals surface area contributed by atoms with Crippen molar-refractivity contribution < 1.29 is 14.0 Å². The van der Waals surface area contributed by atoms with Crippen LogP contribution in [-0.2, 0) is 6.42 Å². The van der Waals surface area contributed by atoms with E-state index in [9.17, 15) is 14.0 Å². The van der Waals surface area contributed by atoms with Crippen molar-refractivity contribution >= 4 is 24.0 Å². The van der Waals surface area contributed by atoms with Crippen LogP contribution in [0.5, 0.6) is 0 Å². The monoisotopic (exact) mass is 401 g/mol. The summed E-state index contributed by atoms with van der Waals surface area (Å²) in [4.78, 5) is 37.6. The Morgan fingerprint density at radius 2 is 2.10 bits per heavy atom. The van der Waals surface area contributed by atoms with Crippen LogP contribution in [0.25, 0.3) is 0 Å². The van der Waals surface area contributed by atoms with Gasteiger partial charge in [-0.2, -0.15) is 0 Å². The summed E-state index contributed by atoms with van der Waals surface area (Å²) in [5, 5.41) is 2.58. The predicted molar refractivity (Wildman–Crippen MR) is 109 cm³/mol. The van der Waals surface area contributed by atoms with Crippen molar-refractivity contribution in [2.45, 2.75) is 12.8 Å². The molecule has 0 spiro atoms. The molecule has 0 radical (unpaired) electrons. The van der Waals surface area contributed by atoms with Gasteiger partial charge in [-0.1, -0.05) is 18.1 Å². The minimum Gasteiger partial charge on any atom is -0.296 e. The highest BCUT2D eigenvalue weighted by Gasteiger charge is 2.24. The number of pyridine rings is 3. The molecule has 0 aromatic carbocycles. The average molecular weight is 401 g/mol. The number of hydrogen-bond acceptors (Lipinski definition) is 5. The van der Waals surface area contributed by atoms with Crippen LogP contribution in [0, 0.1) is 17.7 Å². The number of nitrogens with zero attached hydrogens (tertiary/aromatic N) is 4. The smallest absolute Gasteiger partial charge is 0.296 e. The first-order valence-electron chi connectivity index (χ1n) is 9.26. The van der Waals surface area contributed by atoms with Gasteiger partial charge in [0.2, 0.25) is 0 Å². The molecule has 0 unspecified atom stereocenters. The summed E-state index contributed by atoms with van der Waals surface area (Å²) in [5.41, 5.74) is 1.73. The maximum absolute atomic E-state index is 14.4. The molecule has 1 N–H and O–H groups in total. The number of amides is 2. The van der Waals surface area contributed by atoms with Crippen molar-refractivity contribution in [3.8, 4) is 11.8 Å². The average Bonchev–Trinajstić information content (AvgIpc) is 2.78. The summed E-state index contributed by atoms with van der Waals surface area (Å²) in [5.74, 6) is 5.32. The number of carbonyl (C=O) groups is 2. The molecule has 7 nitrogen and oxygen atoms in total. The number of fused-ring (bicyclic) bond motifs is 1. The lowest BCUT2D eigenvalue weighted by Gasteiger charge is -2.28. The van der Waals surface area contributed by atoms with Crippen molar-refractivity contribution in [1.29, 1.82) is 0 Å². The predicted octanol–water partition coefficient (Wildman–Crippen LogP) is 3.21. The van der Waals surface area contributed by atoms with E-state index in [1.54, 1.807) is 36.5 Å². The fraction of sp³-hybridized carbons (Fsp3) is 0.136. The first-order valence-corrected chi connectivity index (χ1v) is 9.26. The van der Waals surface area contributed by atoms with Gasteiger partial charge in [0.15, 0.2) is 6.29 Å². The van der Waals surface area contributed by atoms with E-state index in [4.69, 9.17) is 0 Å². The third-order valence-electron chi connectivity index (χ3n) is 4.51. The summed E-state index contributed by atoms with van der Waals surface area (Å²) in [6, 6.07) is 9.29. The van der Waals surface area contributed by atoms with E-state index in [1.165, 1.54) is 11.1 Å². The lowest BCUT2D eigenvalue weighted by atomic mass is 10.1. The Morgan fingerprint density at radius 3 is 2.87 bits per heavy atom. The van der Waals surface area contributed by atoms with E-state index < -0.39 is 11.8 Å².